The Morgan fingerprint density at radius 2 is 1.76 bits per heavy atom. The van der Waals surface area contributed by atoms with Crippen LogP contribution in [0, 0.1) is 11.8 Å². The summed E-state index contributed by atoms with van der Waals surface area (Å²) in [6.07, 6.45) is -0.658. The molecule has 0 aromatic carbocycles. The molecule has 15 heteroatoms. The normalized spacial score (nSPS) is 19.0. The number of rotatable bonds is 11. The molecular weight excluding hydrogens is 568 g/mol. The monoisotopic (exact) mass is 599 g/mol. The van der Waals surface area contributed by atoms with Crippen molar-refractivity contribution in [2.75, 3.05) is 6.67 Å². The second-order valence-corrected chi connectivity index (χ2v) is 11.0. The number of halogens is 6. The molecule has 3 heterocycles. The zero-order chi connectivity index (χ0) is 30.1. The zero-order valence-corrected chi connectivity index (χ0v) is 22.6. The standard InChI is InChI=1S/C27H31F6N7O2/c28-10-12-39-20(6-11-34-39)25(42)38-24(17-3-7-26(29,30)8-4-17)19-15-40-21(36-19)13-18(14-35-40)23(16-1-2-16)37-22(41)5-9-27(31,32)33/h6,11,13-17,23-24H,1-5,7-10,12H2,(H,37,41)(H,38,42)/t23?,24-/m0/s1. The molecule has 1 unspecified atom stereocenters. The summed E-state index contributed by atoms with van der Waals surface area (Å²) in [5.41, 5.74) is 1.45. The minimum Gasteiger partial charge on any atom is -0.349 e. The zero-order valence-electron chi connectivity index (χ0n) is 22.6. The molecule has 2 amide bonds. The van der Waals surface area contributed by atoms with Gasteiger partial charge in [-0.15, -0.1) is 0 Å². The molecule has 3 aromatic heterocycles. The van der Waals surface area contributed by atoms with Crippen LogP contribution in [0.5, 0.6) is 0 Å². The number of imidazole rings is 1. The van der Waals surface area contributed by atoms with Crippen LogP contribution in [0.25, 0.3) is 5.65 Å². The van der Waals surface area contributed by atoms with E-state index in [0.717, 1.165) is 12.8 Å². The number of fused-ring (bicyclic) bond motifs is 1. The van der Waals surface area contributed by atoms with E-state index >= 15 is 0 Å². The van der Waals surface area contributed by atoms with Gasteiger partial charge in [-0.25, -0.2) is 22.7 Å². The minimum atomic E-state index is -4.44. The first-order valence-corrected chi connectivity index (χ1v) is 13.9. The Morgan fingerprint density at radius 1 is 1.05 bits per heavy atom. The number of nitrogens with one attached hydrogen (secondary N) is 2. The molecule has 2 aliphatic carbocycles. The third kappa shape index (κ3) is 7.21. The van der Waals surface area contributed by atoms with E-state index < -0.39 is 55.5 Å². The van der Waals surface area contributed by atoms with Crippen LogP contribution in [0.1, 0.15) is 85.2 Å². The van der Waals surface area contributed by atoms with Gasteiger partial charge in [0, 0.05) is 25.5 Å². The van der Waals surface area contributed by atoms with Gasteiger partial charge in [0.05, 0.1) is 43.1 Å². The number of aryl methyl sites for hydroxylation is 1. The molecular formula is C27H31F6N7O2. The van der Waals surface area contributed by atoms with Crippen LogP contribution in [0.3, 0.4) is 0 Å². The Hall–Kier alpha value is -3.65. The Bertz CT molecular complexity index is 1410. The van der Waals surface area contributed by atoms with Gasteiger partial charge in [-0.3, -0.25) is 14.3 Å². The van der Waals surface area contributed by atoms with Gasteiger partial charge in [0.2, 0.25) is 11.8 Å². The van der Waals surface area contributed by atoms with Crippen molar-refractivity contribution in [3.05, 3.63) is 47.7 Å². The first-order chi connectivity index (χ1) is 19.9. The van der Waals surface area contributed by atoms with Crippen molar-refractivity contribution < 1.29 is 35.9 Å². The molecule has 2 aliphatic rings. The maximum Gasteiger partial charge on any atom is 0.389 e. The van der Waals surface area contributed by atoms with E-state index in [0.29, 0.717) is 16.9 Å². The Kier molecular flexibility index (Phi) is 8.46. The van der Waals surface area contributed by atoms with Crippen LogP contribution in [0.4, 0.5) is 26.3 Å². The lowest BCUT2D eigenvalue weighted by molar-refractivity contribution is -0.144. The van der Waals surface area contributed by atoms with Crippen LogP contribution in [0.15, 0.2) is 30.7 Å². The van der Waals surface area contributed by atoms with E-state index in [2.05, 4.69) is 25.8 Å². The fourth-order valence-corrected chi connectivity index (χ4v) is 5.46. The average molecular weight is 600 g/mol. The van der Waals surface area contributed by atoms with E-state index in [1.165, 1.54) is 27.7 Å². The second kappa shape index (κ2) is 11.9. The molecule has 42 heavy (non-hydrogen) atoms. The molecule has 0 saturated heterocycles. The molecule has 2 N–H and O–H groups in total. The number of nitrogens with zero attached hydrogens (tertiary/aromatic N) is 5. The maximum atomic E-state index is 14.0. The fourth-order valence-electron chi connectivity index (χ4n) is 5.46. The SMILES string of the molecule is O=C(CCC(F)(F)F)NC(c1cnn2cc([C@@H](NC(=O)c3ccnn3CCF)C3CCC(F)(F)CC3)nc2c1)C1CC1. The molecule has 228 valence electrons. The summed E-state index contributed by atoms with van der Waals surface area (Å²) in [6, 6.07) is 1.83. The van der Waals surface area contributed by atoms with Gasteiger partial charge in [-0.2, -0.15) is 23.4 Å². The van der Waals surface area contributed by atoms with E-state index in [9.17, 15) is 35.9 Å². The molecule has 2 atom stereocenters. The lowest BCUT2D eigenvalue weighted by Crippen LogP contribution is -2.38. The summed E-state index contributed by atoms with van der Waals surface area (Å²) >= 11 is 0. The van der Waals surface area contributed by atoms with Gasteiger partial charge >= 0.3 is 6.18 Å². The predicted octanol–water partition coefficient (Wildman–Crippen LogP) is 5.10. The van der Waals surface area contributed by atoms with E-state index in [-0.39, 0.29) is 49.8 Å². The van der Waals surface area contributed by atoms with Gasteiger partial charge < -0.3 is 10.6 Å². The lowest BCUT2D eigenvalue weighted by Gasteiger charge is -2.33. The van der Waals surface area contributed by atoms with E-state index in [4.69, 9.17) is 0 Å². The van der Waals surface area contributed by atoms with Crippen LogP contribution >= 0.6 is 0 Å². The number of alkyl halides is 6. The summed E-state index contributed by atoms with van der Waals surface area (Å²) in [7, 11) is 0. The third-order valence-corrected chi connectivity index (χ3v) is 7.85. The molecule has 0 spiro atoms. The highest BCUT2D eigenvalue weighted by Gasteiger charge is 2.40. The number of carbonyl (C=O) groups excluding carboxylic acids is 2. The summed E-state index contributed by atoms with van der Waals surface area (Å²) < 4.78 is 81.4. The van der Waals surface area contributed by atoms with Crippen LogP contribution in [-0.4, -0.2) is 55.0 Å². The average Bonchev–Trinajstić information content (AvgIpc) is 3.51. The maximum absolute atomic E-state index is 14.0. The largest absolute Gasteiger partial charge is 0.389 e. The van der Waals surface area contributed by atoms with Gasteiger partial charge in [0.1, 0.15) is 12.4 Å². The van der Waals surface area contributed by atoms with Gasteiger partial charge in [0.15, 0.2) is 5.65 Å². The van der Waals surface area contributed by atoms with Crippen molar-refractivity contribution in [3.63, 3.8) is 0 Å². The smallest absolute Gasteiger partial charge is 0.349 e. The number of hydrogen-bond donors (Lipinski definition) is 2. The number of amides is 2. The van der Waals surface area contributed by atoms with Crippen molar-refractivity contribution in [1.82, 2.24) is 35.0 Å². The number of carbonyl (C=O) groups is 2. The van der Waals surface area contributed by atoms with Crippen molar-refractivity contribution in [2.45, 2.75) is 82.1 Å². The lowest BCUT2D eigenvalue weighted by atomic mass is 9.81. The van der Waals surface area contributed by atoms with E-state index in [1.54, 1.807) is 12.3 Å². The molecule has 5 rings (SSSR count). The number of hydrogen-bond acceptors (Lipinski definition) is 5. The van der Waals surface area contributed by atoms with Crippen LogP contribution in [-0.2, 0) is 11.3 Å². The number of aromatic nitrogens is 5. The minimum absolute atomic E-state index is 0.0589. The highest BCUT2D eigenvalue weighted by atomic mass is 19.4. The van der Waals surface area contributed by atoms with E-state index in [1.807, 2.05) is 0 Å². The molecule has 9 nitrogen and oxygen atoms in total. The topological polar surface area (TPSA) is 106 Å². The highest BCUT2D eigenvalue weighted by Crippen LogP contribution is 2.43. The molecule has 0 radical (unpaired) electrons. The van der Waals surface area contributed by atoms with Crippen molar-refractivity contribution in [2.24, 2.45) is 11.8 Å². The summed E-state index contributed by atoms with van der Waals surface area (Å²) in [4.78, 5) is 30.1. The van der Waals surface area contributed by atoms with Crippen LogP contribution in [0.2, 0.25) is 0 Å². The summed E-state index contributed by atoms with van der Waals surface area (Å²) in [5, 5.41) is 13.9. The Morgan fingerprint density at radius 3 is 2.43 bits per heavy atom. The Balaban J connectivity index is 1.39. The molecule has 2 saturated carbocycles. The summed E-state index contributed by atoms with van der Waals surface area (Å²) in [5.74, 6) is -4.35. The Labute approximate surface area is 237 Å². The van der Waals surface area contributed by atoms with Gasteiger partial charge in [0.25, 0.3) is 5.91 Å². The molecule has 2 fully saturated rings. The second-order valence-electron chi connectivity index (χ2n) is 11.0. The highest BCUT2D eigenvalue weighted by molar-refractivity contribution is 5.92. The summed E-state index contributed by atoms with van der Waals surface area (Å²) in [6.45, 7) is -0.847. The molecule has 0 aliphatic heterocycles. The quantitative estimate of drug-likeness (QED) is 0.299. The van der Waals surface area contributed by atoms with Crippen molar-refractivity contribution in [3.8, 4) is 0 Å². The molecule has 3 aromatic rings. The first-order valence-electron chi connectivity index (χ1n) is 13.9. The van der Waals surface area contributed by atoms with Crippen molar-refractivity contribution >= 4 is 17.5 Å². The molecule has 0 bridgehead atoms. The van der Waals surface area contributed by atoms with Gasteiger partial charge in [-0.05, 0) is 55.2 Å². The van der Waals surface area contributed by atoms with Gasteiger partial charge in [-0.1, -0.05) is 0 Å². The van der Waals surface area contributed by atoms with Crippen molar-refractivity contribution in [1.29, 1.82) is 0 Å². The third-order valence-electron chi connectivity index (χ3n) is 7.85. The first kappa shape index (κ1) is 29.8. The predicted molar refractivity (Wildman–Crippen MR) is 137 cm³/mol. The van der Waals surface area contributed by atoms with Crippen LogP contribution < -0.4 is 10.6 Å². The fraction of sp³-hybridized carbons (Fsp3) is 0.593.